The number of hydrogen-bond acceptors (Lipinski definition) is 5. The number of rotatable bonds is 8. The van der Waals surface area contributed by atoms with Crippen LogP contribution in [0.15, 0.2) is 42.6 Å². The molecule has 0 saturated carbocycles. The summed E-state index contributed by atoms with van der Waals surface area (Å²) in [5.74, 6) is 0.0986. The number of anilines is 1. The van der Waals surface area contributed by atoms with Crippen molar-refractivity contribution < 1.29 is 18.3 Å². The summed E-state index contributed by atoms with van der Waals surface area (Å²) >= 11 is 0. The normalized spacial score (nSPS) is 10.2. The first-order valence-electron chi connectivity index (χ1n) is 7.48. The first kappa shape index (κ1) is 18.1. The topological polar surface area (TPSA) is 87.0 Å². The van der Waals surface area contributed by atoms with Crippen LogP contribution in [0, 0.1) is 11.3 Å². The molecule has 130 valence electrons. The van der Waals surface area contributed by atoms with E-state index in [0.717, 1.165) is 0 Å². The zero-order valence-corrected chi connectivity index (χ0v) is 13.2. The van der Waals surface area contributed by atoms with Gasteiger partial charge in [0.05, 0.1) is 12.0 Å². The number of pyridine rings is 1. The average Bonchev–Trinajstić information content (AvgIpc) is 2.60. The number of carbonyl (C=O) groups excluding carboxylic acids is 1. The van der Waals surface area contributed by atoms with Crippen LogP contribution >= 0.6 is 0 Å². The number of para-hydroxylation sites is 1. The molecule has 0 unspecified atom stereocenters. The van der Waals surface area contributed by atoms with Crippen LogP contribution in [0.5, 0.6) is 5.75 Å². The molecule has 0 fully saturated rings. The summed E-state index contributed by atoms with van der Waals surface area (Å²) in [7, 11) is 0. The number of nitriles is 1. The van der Waals surface area contributed by atoms with Crippen LogP contribution in [-0.4, -0.2) is 30.6 Å². The number of aromatic nitrogens is 1. The Morgan fingerprint density at radius 1 is 1.24 bits per heavy atom. The number of nitrogens with zero attached hydrogens (tertiary/aromatic N) is 2. The Kier molecular flexibility index (Phi) is 6.65. The fourth-order valence-corrected chi connectivity index (χ4v) is 2.12. The third-order valence-electron chi connectivity index (χ3n) is 3.21. The van der Waals surface area contributed by atoms with Gasteiger partial charge >= 0.3 is 6.61 Å². The van der Waals surface area contributed by atoms with Crippen molar-refractivity contribution in [3.63, 3.8) is 0 Å². The second-order valence-electron chi connectivity index (χ2n) is 4.95. The van der Waals surface area contributed by atoms with Crippen LogP contribution in [0.25, 0.3) is 0 Å². The number of alkyl halides is 2. The minimum atomic E-state index is -2.94. The monoisotopic (exact) mass is 346 g/mol. The molecule has 6 nitrogen and oxygen atoms in total. The smallest absolute Gasteiger partial charge is 0.387 e. The van der Waals surface area contributed by atoms with Gasteiger partial charge in [-0.25, -0.2) is 4.98 Å². The van der Waals surface area contributed by atoms with Gasteiger partial charge in [0.1, 0.15) is 17.6 Å². The Morgan fingerprint density at radius 3 is 2.80 bits per heavy atom. The average molecular weight is 346 g/mol. The summed E-state index contributed by atoms with van der Waals surface area (Å²) in [6.07, 6.45) is 1.48. The molecule has 8 heteroatoms. The van der Waals surface area contributed by atoms with Crippen LogP contribution < -0.4 is 15.4 Å². The number of halogens is 2. The van der Waals surface area contributed by atoms with Crippen molar-refractivity contribution in [1.29, 1.82) is 5.26 Å². The Balaban J connectivity index is 1.81. The Morgan fingerprint density at radius 2 is 2.04 bits per heavy atom. The zero-order chi connectivity index (χ0) is 18.1. The van der Waals surface area contributed by atoms with Gasteiger partial charge < -0.3 is 15.4 Å². The summed E-state index contributed by atoms with van der Waals surface area (Å²) in [6.45, 7) is -2.29. The molecule has 0 radical (unpaired) electrons. The van der Waals surface area contributed by atoms with Gasteiger partial charge in [-0.3, -0.25) is 4.79 Å². The molecule has 2 N–H and O–H groups in total. The van der Waals surface area contributed by atoms with Gasteiger partial charge in [-0.1, -0.05) is 18.2 Å². The van der Waals surface area contributed by atoms with Crippen LogP contribution in [-0.2, 0) is 11.2 Å². The molecule has 0 bridgehead atoms. The molecule has 0 atom stereocenters. The second kappa shape index (κ2) is 9.17. The molecule has 0 saturated heterocycles. The predicted octanol–water partition coefficient (Wildman–Crippen LogP) is 2.33. The highest BCUT2D eigenvalue weighted by atomic mass is 19.3. The van der Waals surface area contributed by atoms with Gasteiger partial charge in [-0.15, -0.1) is 0 Å². The number of benzene rings is 1. The van der Waals surface area contributed by atoms with Crippen molar-refractivity contribution >= 4 is 11.7 Å². The largest absolute Gasteiger partial charge is 0.435 e. The van der Waals surface area contributed by atoms with Gasteiger partial charge in [0.25, 0.3) is 0 Å². The van der Waals surface area contributed by atoms with Gasteiger partial charge in [-0.2, -0.15) is 14.0 Å². The lowest BCUT2D eigenvalue weighted by atomic mass is 10.1. The summed E-state index contributed by atoms with van der Waals surface area (Å²) in [6, 6.07) is 11.5. The van der Waals surface area contributed by atoms with Crippen LogP contribution in [0.1, 0.15) is 11.1 Å². The van der Waals surface area contributed by atoms with E-state index in [-0.39, 0.29) is 24.6 Å². The molecule has 1 aromatic heterocycles. The van der Waals surface area contributed by atoms with E-state index in [0.29, 0.717) is 23.5 Å². The highest BCUT2D eigenvalue weighted by Crippen LogP contribution is 2.20. The molecule has 1 aromatic carbocycles. The fraction of sp³-hybridized carbons (Fsp3) is 0.235. The standard InChI is InChI=1S/C17H16F2N4O2/c18-17(19)25-14-6-2-1-4-12(14)10-15(24)21-8-9-23-16-13(11-20)5-3-7-22-16/h1-7,17H,8-10H2,(H,21,24)(H,22,23). The second-order valence-corrected chi connectivity index (χ2v) is 4.95. The van der Waals surface area contributed by atoms with E-state index in [9.17, 15) is 13.6 Å². The summed E-state index contributed by atoms with van der Waals surface area (Å²) in [5, 5.41) is 14.6. The maximum Gasteiger partial charge on any atom is 0.387 e. The highest BCUT2D eigenvalue weighted by Gasteiger charge is 2.12. The van der Waals surface area contributed by atoms with Crippen LogP contribution in [0.2, 0.25) is 0 Å². The number of nitrogens with one attached hydrogen (secondary N) is 2. The maximum absolute atomic E-state index is 12.3. The third-order valence-corrected chi connectivity index (χ3v) is 3.21. The third kappa shape index (κ3) is 5.73. The van der Waals surface area contributed by atoms with E-state index in [1.807, 2.05) is 6.07 Å². The van der Waals surface area contributed by atoms with E-state index in [2.05, 4.69) is 20.4 Å². The van der Waals surface area contributed by atoms with Crippen molar-refractivity contribution in [2.24, 2.45) is 0 Å². The lowest BCUT2D eigenvalue weighted by Crippen LogP contribution is -2.30. The van der Waals surface area contributed by atoms with Gasteiger partial charge in [0.15, 0.2) is 0 Å². The van der Waals surface area contributed by atoms with Gasteiger partial charge in [0, 0.05) is 24.8 Å². The minimum Gasteiger partial charge on any atom is -0.435 e. The first-order chi connectivity index (χ1) is 12.1. The molecule has 0 aliphatic carbocycles. The molecular weight excluding hydrogens is 330 g/mol. The lowest BCUT2D eigenvalue weighted by molar-refractivity contribution is -0.120. The van der Waals surface area contributed by atoms with Crippen LogP contribution in [0.4, 0.5) is 14.6 Å². The fourth-order valence-electron chi connectivity index (χ4n) is 2.12. The summed E-state index contributed by atoms with van der Waals surface area (Å²) in [5.41, 5.74) is 0.789. The zero-order valence-electron chi connectivity index (χ0n) is 13.2. The number of hydrogen-bond donors (Lipinski definition) is 2. The maximum atomic E-state index is 12.3. The molecule has 0 aliphatic heterocycles. The van der Waals surface area contributed by atoms with Gasteiger partial charge in [-0.05, 0) is 18.2 Å². The number of ether oxygens (including phenoxy) is 1. The molecule has 1 heterocycles. The number of carbonyl (C=O) groups is 1. The van der Waals surface area contributed by atoms with Crippen molar-refractivity contribution in [3.8, 4) is 11.8 Å². The highest BCUT2D eigenvalue weighted by molar-refractivity contribution is 5.79. The van der Waals surface area contributed by atoms with Gasteiger partial charge in [0.2, 0.25) is 5.91 Å². The molecule has 2 rings (SSSR count). The molecular formula is C17H16F2N4O2. The minimum absolute atomic E-state index is 0.0158. The number of amides is 1. The van der Waals surface area contributed by atoms with E-state index < -0.39 is 6.61 Å². The van der Waals surface area contributed by atoms with Crippen molar-refractivity contribution in [1.82, 2.24) is 10.3 Å². The first-order valence-corrected chi connectivity index (χ1v) is 7.48. The molecule has 0 aliphatic rings. The Labute approximate surface area is 143 Å². The lowest BCUT2D eigenvalue weighted by Gasteiger charge is -2.11. The Hall–Kier alpha value is -3.21. The Bertz CT molecular complexity index is 762. The SMILES string of the molecule is N#Cc1cccnc1NCCNC(=O)Cc1ccccc1OC(F)F. The molecule has 25 heavy (non-hydrogen) atoms. The van der Waals surface area contributed by atoms with E-state index in [4.69, 9.17) is 5.26 Å². The summed E-state index contributed by atoms with van der Waals surface area (Å²) in [4.78, 5) is 16.0. The summed E-state index contributed by atoms with van der Waals surface area (Å²) < 4.78 is 29.1. The molecule has 1 amide bonds. The van der Waals surface area contributed by atoms with E-state index in [1.165, 1.54) is 6.07 Å². The van der Waals surface area contributed by atoms with Crippen molar-refractivity contribution in [2.45, 2.75) is 13.0 Å². The van der Waals surface area contributed by atoms with Crippen molar-refractivity contribution in [3.05, 3.63) is 53.7 Å². The molecule has 2 aromatic rings. The quantitative estimate of drug-likeness (QED) is 0.717. The van der Waals surface area contributed by atoms with Crippen LogP contribution in [0.3, 0.4) is 0 Å². The molecule has 0 spiro atoms. The van der Waals surface area contributed by atoms with E-state index in [1.54, 1.807) is 36.5 Å². The van der Waals surface area contributed by atoms with Crippen molar-refractivity contribution in [2.75, 3.05) is 18.4 Å². The predicted molar refractivity (Wildman–Crippen MR) is 87.2 cm³/mol. The van der Waals surface area contributed by atoms with E-state index >= 15 is 0 Å².